The van der Waals surface area contributed by atoms with Crippen molar-refractivity contribution in [3.63, 3.8) is 0 Å². The van der Waals surface area contributed by atoms with Crippen LogP contribution < -0.4 is 20.7 Å². The minimum Gasteiger partial charge on any atom is -0.420 e. The molecule has 1 heterocycles. The molecular formula is C20H19ClF2N4O3. The van der Waals surface area contributed by atoms with Gasteiger partial charge >= 0.3 is 5.57 Å². The van der Waals surface area contributed by atoms with E-state index in [-0.39, 0.29) is 5.75 Å². The fourth-order valence-electron chi connectivity index (χ4n) is 2.91. The number of carbonyl (C=O) groups is 1. The predicted molar refractivity (Wildman–Crippen MR) is 111 cm³/mol. The molecule has 0 atom stereocenters. The number of rotatable bonds is 7. The Morgan fingerprint density at radius 1 is 1.30 bits per heavy atom. The van der Waals surface area contributed by atoms with E-state index in [2.05, 4.69) is 10.1 Å². The maximum atomic E-state index is 12.7. The summed E-state index contributed by atoms with van der Waals surface area (Å²) in [7, 11) is 0. The maximum Gasteiger partial charge on any atom is 0.487 e. The summed E-state index contributed by atoms with van der Waals surface area (Å²) in [4.78, 5) is 14.6. The molecule has 0 unspecified atom stereocenters. The fourth-order valence-corrected chi connectivity index (χ4v) is 3.00. The van der Waals surface area contributed by atoms with Crippen molar-refractivity contribution in [3.8, 4) is 5.75 Å². The Morgan fingerprint density at radius 2 is 2.03 bits per heavy atom. The van der Waals surface area contributed by atoms with E-state index in [1.807, 2.05) is 4.90 Å². The van der Waals surface area contributed by atoms with Crippen molar-refractivity contribution in [1.29, 1.82) is 5.41 Å². The van der Waals surface area contributed by atoms with Crippen LogP contribution in [0.1, 0.15) is 15.9 Å². The number of benzene rings is 2. The molecule has 0 saturated carbocycles. The summed E-state index contributed by atoms with van der Waals surface area (Å²) in [5, 5.41) is 9.93. The first-order valence-corrected chi connectivity index (χ1v) is 9.25. The van der Waals surface area contributed by atoms with Crippen molar-refractivity contribution < 1.29 is 23.0 Å². The summed E-state index contributed by atoms with van der Waals surface area (Å²) >= 11 is 4.73. The van der Waals surface area contributed by atoms with Crippen LogP contribution >= 0.6 is 11.6 Å². The van der Waals surface area contributed by atoms with Gasteiger partial charge in [0, 0.05) is 52.6 Å². The van der Waals surface area contributed by atoms with E-state index in [0.717, 1.165) is 11.9 Å². The number of amides is 1. The Bertz CT molecular complexity index is 956. The second-order valence-electron chi connectivity index (χ2n) is 6.35. The predicted octanol–water partition coefficient (Wildman–Crippen LogP) is 3.85. The Hall–Kier alpha value is -3.17. The van der Waals surface area contributed by atoms with E-state index in [9.17, 15) is 13.6 Å². The second-order valence-corrected chi connectivity index (χ2v) is 6.79. The highest BCUT2D eigenvalue weighted by Gasteiger charge is 2.27. The summed E-state index contributed by atoms with van der Waals surface area (Å²) in [6.07, 6.45) is 2.50. The van der Waals surface area contributed by atoms with Gasteiger partial charge in [0.05, 0.1) is 6.61 Å². The summed E-state index contributed by atoms with van der Waals surface area (Å²) in [5.74, 6) is -0.559. The summed E-state index contributed by atoms with van der Waals surface area (Å²) in [6, 6.07) is 10.4. The highest BCUT2D eigenvalue weighted by Crippen LogP contribution is 2.29. The molecule has 0 radical (unpaired) electrons. The Labute approximate surface area is 176 Å². The number of hydrogen-bond donors (Lipinski definition) is 3. The standard InChI is InChI=1S/C20H19ClF2N4O3/c21-20(22,23)30-15-4-2-14(3-5-15)26-19(28)13-1-6-18(27-9-10-29-12-27)16(11-13)17(25)7-8-24/h1-8,11,24H,9-10,12,25H2,(H,26,28)/b17-7-,24-8?. The quantitative estimate of drug-likeness (QED) is 0.452. The molecule has 1 saturated heterocycles. The number of nitrogens with two attached hydrogens (primary N) is 1. The molecule has 1 aliphatic heterocycles. The van der Waals surface area contributed by atoms with Gasteiger partial charge < -0.3 is 30.8 Å². The van der Waals surface area contributed by atoms with Crippen LogP contribution in [-0.4, -0.2) is 37.6 Å². The molecule has 0 spiro atoms. The van der Waals surface area contributed by atoms with Crippen LogP contribution in [0.15, 0.2) is 48.5 Å². The lowest BCUT2D eigenvalue weighted by atomic mass is 10.0. The molecule has 0 aromatic heterocycles. The lowest BCUT2D eigenvalue weighted by Gasteiger charge is -2.21. The molecule has 0 aliphatic carbocycles. The van der Waals surface area contributed by atoms with Crippen LogP contribution in [0, 0.1) is 5.41 Å². The van der Waals surface area contributed by atoms with Crippen molar-refractivity contribution in [3.05, 3.63) is 59.7 Å². The van der Waals surface area contributed by atoms with Gasteiger partial charge in [-0.25, -0.2) is 0 Å². The first-order valence-electron chi connectivity index (χ1n) is 8.87. The van der Waals surface area contributed by atoms with Gasteiger partial charge in [-0.15, -0.1) is 8.78 Å². The smallest absolute Gasteiger partial charge is 0.420 e. The van der Waals surface area contributed by atoms with E-state index < -0.39 is 11.5 Å². The van der Waals surface area contributed by atoms with Gasteiger partial charge in [0.25, 0.3) is 5.91 Å². The number of ether oxygens (including phenoxy) is 2. The van der Waals surface area contributed by atoms with E-state index >= 15 is 0 Å². The molecule has 3 rings (SSSR count). The van der Waals surface area contributed by atoms with Crippen LogP contribution in [0.25, 0.3) is 5.70 Å². The molecule has 1 amide bonds. The number of alkyl halides is 3. The molecule has 2 aromatic rings. The topological polar surface area (TPSA) is 101 Å². The van der Waals surface area contributed by atoms with E-state index in [0.29, 0.717) is 42.4 Å². The monoisotopic (exact) mass is 436 g/mol. The number of hydrogen-bond acceptors (Lipinski definition) is 6. The minimum absolute atomic E-state index is 0.142. The lowest BCUT2D eigenvalue weighted by molar-refractivity contribution is -0.0964. The third kappa shape index (κ3) is 5.46. The Kier molecular flexibility index (Phi) is 6.53. The molecule has 30 heavy (non-hydrogen) atoms. The zero-order chi connectivity index (χ0) is 21.7. The third-order valence-corrected chi connectivity index (χ3v) is 4.35. The molecule has 0 bridgehead atoms. The highest BCUT2D eigenvalue weighted by molar-refractivity contribution is 6.20. The molecule has 1 aliphatic rings. The van der Waals surface area contributed by atoms with Gasteiger partial charge in [0.1, 0.15) is 12.5 Å². The average molecular weight is 437 g/mol. The van der Waals surface area contributed by atoms with Gasteiger partial charge in [-0.1, -0.05) is 0 Å². The number of halogens is 3. The molecule has 10 heteroatoms. The molecule has 158 valence electrons. The Balaban J connectivity index is 1.81. The highest BCUT2D eigenvalue weighted by atomic mass is 35.5. The second kappa shape index (κ2) is 9.10. The van der Waals surface area contributed by atoms with Crippen LogP contribution in [0.4, 0.5) is 20.2 Å². The van der Waals surface area contributed by atoms with Crippen LogP contribution in [0.2, 0.25) is 0 Å². The van der Waals surface area contributed by atoms with Gasteiger partial charge in [0.2, 0.25) is 0 Å². The van der Waals surface area contributed by atoms with Crippen LogP contribution in [0.3, 0.4) is 0 Å². The summed E-state index contributed by atoms with van der Waals surface area (Å²) in [5.41, 5.74) is 4.73. The Morgan fingerprint density at radius 3 is 2.63 bits per heavy atom. The van der Waals surface area contributed by atoms with Crippen molar-refractivity contribution in [1.82, 2.24) is 0 Å². The van der Waals surface area contributed by atoms with Gasteiger partial charge in [-0.05, 0) is 48.5 Å². The molecular weight excluding hydrogens is 418 g/mol. The largest absolute Gasteiger partial charge is 0.487 e. The first-order chi connectivity index (χ1) is 14.3. The molecule has 4 N–H and O–H groups in total. The summed E-state index contributed by atoms with van der Waals surface area (Å²) < 4.78 is 35.0. The van der Waals surface area contributed by atoms with Gasteiger partial charge in [0.15, 0.2) is 0 Å². The van der Waals surface area contributed by atoms with Crippen molar-refractivity contribution in [2.24, 2.45) is 5.73 Å². The van der Waals surface area contributed by atoms with Gasteiger partial charge in [-0.2, -0.15) is 0 Å². The molecule has 2 aromatic carbocycles. The van der Waals surface area contributed by atoms with Crippen molar-refractivity contribution >= 4 is 40.8 Å². The van der Waals surface area contributed by atoms with Crippen LogP contribution in [0.5, 0.6) is 5.75 Å². The van der Waals surface area contributed by atoms with E-state index in [1.165, 1.54) is 30.3 Å². The number of carbonyl (C=O) groups excluding carboxylic acids is 1. The zero-order valence-electron chi connectivity index (χ0n) is 15.7. The number of allylic oxidation sites excluding steroid dienone is 1. The SMILES string of the molecule is N=C/C=C(\N)c1cc(C(=O)Nc2ccc(OC(F)(F)Cl)cc2)ccc1N1CCOC1. The van der Waals surface area contributed by atoms with E-state index in [1.54, 1.807) is 18.2 Å². The number of nitrogens with one attached hydrogen (secondary N) is 2. The normalized spacial score (nSPS) is 14.5. The molecule has 1 fully saturated rings. The van der Waals surface area contributed by atoms with Crippen molar-refractivity contribution in [2.45, 2.75) is 5.57 Å². The van der Waals surface area contributed by atoms with Crippen molar-refractivity contribution in [2.75, 3.05) is 30.1 Å². The first kappa shape index (κ1) is 21.5. The minimum atomic E-state index is -3.81. The third-order valence-electron chi connectivity index (χ3n) is 4.27. The maximum absolute atomic E-state index is 12.7. The number of anilines is 2. The van der Waals surface area contributed by atoms with Crippen LogP contribution in [-0.2, 0) is 4.74 Å². The number of nitrogens with zero attached hydrogens (tertiary/aromatic N) is 1. The summed E-state index contributed by atoms with van der Waals surface area (Å²) in [6.45, 7) is 1.68. The fraction of sp³-hybridized carbons (Fsp3) is 0.200. The van der Waals surface area contributed by atoms with Gasteiger partial charge in [-0.3, -0.25) is 4.79 Å². The average Bonchev–Trinajstić information content (AvgIpc) is 3.22. The zero-order valence-corrected chi connectivity index (χ0v) is 16.5. The molecule has 7 nitrogen and oxygen atoms in total. The van der Waals surface area contributed by atoms with E-state index in [4.69, 9.17) is 27.5 Å². The lowest BCUT2D eigenvalue weighted by Crippen LogP contribution is -2.21.